The van der Waals surface area contributed by atoms with Crippen molar-refractivity contribution < 1.29 is 4.58 Å². The lowest BCUT2D eigenvalue weighted by Crippen LogP contribution is -2.29. The molecule has 1 nitrogen and oxygen atoms in total. The molecule has 0 aromatic heterocycles. The third-order valence-corrected chi connectivity index (χ3v) is 3.91. The fourth-order valence-electron chi connectivity index (χ4n) is 2.79. The first-order chi connectivity index (χ1) is 7.11. The van der Waals surface area contributed by atoms with E-state index in [4.69, 9.17) is 0 Å². The minimum absolute atomic E-state index is 0.250. The minimum atomic E-state index is 0.250. The van der Waals surface area contributed by atoms with E-state index < -0.39 is 0 Å². The van der Waals surface area contributed by atoms with E-state index in [-0.39, 0.29) is 5.41 Å². The van der Waals surface area contributed by atoms with Crippen molar-refractivity contribution in [1.29, 1.82) is 0 Å². The van der Waals surface area contributed by atoms with Gasteiger partial charge in [-0.15, -0.1) is 0 Å². The van der Waals surface area contributed by atoms with Crippen molar-refractivity contribution in [2.45, 2.75) is 39.0 Å². The van der Waals surface area contributed by atoms with E-state index >= 15 is 0 Å². The topological polar surface area (TPSA) is 3.01 Å². The van der Waals surface area contributed by atoms with Gasteiger partial charge in [0.2, 0.25) is 5.69 Å². The zero-order valence-corrected chi connectivity index (χ0v) is 10.2. The number of hydrogen-bond donors (Lipinski definition) is 0. The molecule has 0 bridgehead atoms. The van der Waals surface area contributed by atoms with E-state index in [1.807, 2.05) is 0 Å². The van der Waals surface area contributed by atoms with Gasteiger partial charge >= 0.3 is 0 Å². The lowest BCUT2D eigenvalue weighted by atomic mass is 9.76. The maximum absolute atomic E-state index is 2.37. The predicted octanol–water partition coefficient (Wildman–Crippen LogP) is 3.49. The van der Waals surface area contributed by atoms with Crippen molar-refractivity contribution in [3.8, 4) is 0 Å². The second kappa shape index (κ2) is 3.48. The molecule has 0 fully saturated rings. The molecule has 0 N–H and O–H groups in total. The Bertz CT molecular complexity index is 417. The number of para-hydroxylation sites is 1. The molecular weight excluding hydrogens is 182 g/mol. The summed E-state index contributed by atoms with van der Waals surface area (Å²) in [6.07, 6.45) is 2.47. The molecule has 0 radical (unpaired) electrons. The standard InChI is InChI=1S/C14H20N/c1-5-10-14(3)11(2)15(4)13-9-7-6-8-12(13)14/h6-9H,5,10H2,1-4H3/q+1. The third kappa shape index (κ3) is 1.33. The van der Waals surface area contributed by atoms with E-state index in [1.165, 1.54) is 29.8 Å². The van der Waals surface area contributed by atoms with E-state index in [9.17, 15) is 0 Å². The van der Waals surface area contributed by atoms with Crippen molar-refractivity contribution in [3.05, 3.63) is 29.8 Å². The predicted molar refractivity (Wildman–Crippen MR) is 65.2 cm³/mol. The van der Waals surface area contributed by atoms with Gasteiger partial charge in [0.05, 0.1) is 5.41 Å². The second-order valence-corrected chi connectivity index (χ2v) is 4.74. The van der Waals surface area contributed by atoms with Crippen molar-refractivity contribution in [3.63, 3.8) is 0 Å². The smallest absolute Gasteiger partial charge is 0.202 e. The van der Waals surface area contributed by atoms with Crippen LogP contribution in [0.25, 0.3) is 0 Å². The maximum atomic E-state index is 2.37. The van der Waals surface area contributed by atoms with Crippen molar-refractivity contribution >= 4 is 11.4 Å². The largest absolute Gasteiger partial charge is 0.209 e. The quantitative estimate of drug-likeness (QED) is 0.646. The van der Waals surface area contributed by atoms with Gasteiger partial charge < -0.3 is 0 Å². The highest BCUT2D eigenvalue weighted by Gasteiger charge is 2.43. The monoisotopic (exact) mass is 202 g/mol. The van der Waals surface area contributed by atoms with Crippen LogP contribution >= 0.6 is 0 Å². The molecule has 15 heavy (non-hydrogen) atoms. The van der Waals surface area contributed by atoms with Crippen LogP contribution in [0.5, 0.6) is 0 Å². The zero-order valence-electron chi connectivity index (χ0n) is 10.2. The van der Waals surface area contributed by atoms with Gasteiger partial charge in [-0.25, -0.2) is 4.58 Å². The summed E-state index contributed by atoms with van der Waals surface area (Å²) in [7, 11) is 2.18. The first-order valence-corrected chi connectivity index (χ1v) is 5.78. The molecule has 0 saturated heterocycles. The Morgan fingerprint density at radius 2 is 1.93 bits per heavy atom. The van der Waals surface area contributed by atoms with Crippen LogP contribution in [0.3, 0.4) is 0 Å². The van der Waals surface area contributed by atoms with Gasteiger partial charge in [0, 0.05) is 18.6 Å². The zero-order chi connectivity index (χ0) is 11.1. The van der Waals surface area contributed by atoms with Gasteiger partial charge in [-0.05, 0) is 13.3 Å². The average Bonchev–Trinajstić information content (AvgIpc) is 2.43. The normalized spacial score (nSPS) is 24.5. The van der Waals surface area contributed by atoms with E-state index in [0.29, 0.717) is 0 Å². The van der Waals surface area contributed by atoms with Gasteiger partial charge in [-0.2, -0.15) is 0 Å². The summed E-state index contributed by atoms with van der Waals surface area (Å²) in [6, 6.07) is 8.78. The molecule has 0 amide bonds. The molecule has 1 unspecified atom stereocenters. The molecule has 0 spiro atoms. The van der Waals surface area contributed by atoms with E-state index in [2.05, 4.69) is 56.7 Å². The maximum Gasteiger partial charge on any atom is 0.209 e. The Balaban J connectivity index is 2.60. The molecule has 1 atom stereocenters. The first-order valence-electron chi connectivity index (χ1n) is 5.78. The molecule has 1 heterocycles. The van der Waals surface area contributed by atoms with Crippen LogP contribution in [0, 0.1) is 0 Å². The van der Waals surface area contributed by atoms with Crippen molar-refractivity contribution in [2.75, 3.05) is 7.05 Å². The van der Waals surface area contributed by atoms with Crippen LogP contribution < -0.4 is 0 Å². The van der Waals surface area contributed by atoms with Gasteiger partial charge in [0.25, 0.3) is 0 Å². The number of nitrogens with zero attached hydrogens (tertiary/aromatic N) is 1. The highest BCUT2D eigenvalue weighted by Crippen LogP contribution is 2.41. The van der Waals surface area contributed by atoms with Gasteiger partial charge in [0.15, 0.2) is 5.71 Å². The van der Waals surface area contributed by atoms with E-state index in [0.717, 1.165) is 0 Å². The van der Waals surface area contributed by atoms with E-state index in [1.54, 1.807) is 0 Å². The summed E-state index contributed by atoms with van der Waals surface area (Å²) < 4.78 is 2.34. The molecule has 1 aliphatic rings. The summed E-state index contributed by atoms with van der Waals surface area (Å²) in [5, 5.41) is 0. The molecule has 2 rings (SSSR count). The highest BCUT2D eigenvalue weighted by atomic mass is 15.0. The molecule has 1 heteroatoms. The van der Waals surface area contributed by atoms with Crippen LogP contribution in [0.4, 0.5) is 5.69 Å². The van der Waals surface area contributed by atoms with Gasteiger partial charge in [0.1, 0.15) is 7.05 Å². The molecular formula is C14H20N+. The molecule has 0 aliphatic carbocycles. The summed E-state index contributed by atoms with van der Waals surface area (Å²) in [4.78, 5) is 0. The SMILES string of the molecule is CCCC1(C)C(C)=[N+](C)c2ccccc21. The second-order valence-electron chi connectivity index (χ2n) is 4.74. The molecule has 1 aliphatic heterocycles. The Labute approximate surface area is 92.5 Å². The fourth-order valence-corrected chi connectivity index (χ4v) is 2.79. The summed E-state index contributed by atoms with van der Waals surface area (Å²) in [5.74, 6) is 0. The lowest BCUT2D eigenvalue weighted by molar-refractivity contribution is -0.403. The van der Waals surface area contributed by atoms with Crippen LogP contribution in [0.1, 0.15) is 39.2 Å². The van der Waals surface area contributed by atoms with Crippen LogP contribution in [0.2, 0.25) is 0 Å². The Hall–Kier alpha value is -1.11. The lowest BCUT2D eigenvalue weighted by Gasteiger charge is -2.21. The van der Waals surface area contributed by atoms with Gasteiger partial charge in [-0.3, -0.25) is 0 Å². The Kier molecular flexibility index (Phi) is 2.41. The number of benzene rings is 1. The van der Waals surface area contributed by atoms with Crippen molar-refractivity contribution in [1.82, 2.24) is 0 Å². The van der Waals surface area contributed by atoms with Crippen LogP contribution in [0.15, 0.2) is 24.3 Å². The van der Waals surface area contributed by atoms with Crippen LogP contribution in [-0.2, 0) is 5.41 Å². The van der Waals surface area contributed by atoms with Crippen LogP contribution in [-0.4, -0.2) is 17.3 Å². The molecule has 80 valence electrons. The molecule has 1 aromatic rings. The highest BCUT2D eigenvalue weighted by molar-refractivity contribution is 5.93. The third-order valence-electron chi connectivity index (χ3n) is 3.91. The summed E-state index contributed by atoms with van der Waals surface area (Å²) in [5.41, 5.74) is 4.60. The average molecular weight is 202 g/mol. The molecule has 1 aromatic carbocycles. The summed E-state index contributed by atoms with van der Waals surface area (Å²) >= 11 is 0. The number of hydrogen-bond acceptors (Lipinski definition) is 0. The minimum Gasteiger partial charge on any atom is -0.202 e. The molecule has 0 saturated carbocycles. The van der Waals surface area contributed by atoms with Crippen molar-refractivity contribution in [2.24, 2.45) is 0 Å². The Morgan fingerprint density at radius 1 is 1.27 bits per heavy atom. The summed E-state index contributed by atoms with van der Waals surface area (Å²) in [6.45, 7) is 6.89. The van der Waals surface area contributed by atoms with Gasteiger partial charge in [-0.1, -0.05) is 31.5 Å². The first kappa shape index (κ1) is 10.4. The fraction of sp³-hybridized carbons (Fsp3) is 0.500. The number of rotatable bonds is 2. The Morgan fingerprint density at radius 3 is 2.60 bits per heavy atom. The number of fused-ring (bicyclic) bond motifs is 1.